The van der Waals surface area contributed by atoms with Gasteiger partial charge in [0.2, 0.25) is 0 Å². The molecule has 2 amide bonds. The third-order valence-electron chi connectivity index (χ3n) is 8.60. The van der Waals surface area contributed by atoms with E-state index in [2.05, 4.69) is 0 Å². The smallest absolute Gasteiger partial charge is 0.410 e. The Kier molecular flexibility index (Phi) is 10.8. The van der Waals surface area contributed by atoms with Crippen LogP contribution in [0.1, 0.15) is 76.4 Å². The van der Waals surface area contributed by atoms with Crippen molar-refractivity contribution in [2.75, 3.05) is 26.8 Å². The number of amides is 2. The Hall–Kier alpha value is -4.00. The van der Waals surface area contributed by atoms with Crippen LogP contribution in [0.3, 0.4) is 0 Å². The van der Waals surface area contributed by atoms with Crippen LogP contribution in [0.5, 0.6) is 11.5 Å². The van der Waals surface area contributed by atoms with E-state index in [1.807, 2.05) is 44.2 Å². The lowest BCUT2D eigenvalue weighted by atomic mass is 9.94. The van der Waals surface area contributed by atoms with E-state index in [0.717, 1.165) is 5.56 Å². The molecule has 3 aromatic rings. The fraction of sp³-hybridized carbons (Fsp3) is 0.382. The predicted molar refractivity (Wildman–Crippen MR) is 179 cm³/mol. The number of benzene rings is 3. The van der Waals surface area contributed by atoms with E-state index in [1.165, 1.54) is 19.2 Å². The van der Waals surface area contributed by atoms with Crippen molar-refractivity contribution >= 4 is 51.2 Å². The van der Waals surface area contributed by atoms with Gasteiger partial charge in [-0.1, -0.05) is 67.4 Å². The summed E-state index contributed by atoms with van der Waals surface area (Å²) in [4.78, 5) is 39.7. The van der Waals surface area contributed by atoms with Crippen LogP contribution >= 0.6 is 23.2 Å². The van der Waals surface area contributed by atoms with Crippen molar-refractivity contribution in [2.45, 2.75) is 57.1 Å². The van der Waals surface area contributed by atoms with Crippen LogP contribution in [0.15, 0.2) is 53.4 Å². The fourth-order valence-corrected chi connectivity index (χ4v) is 8.24. The average molecular weight is 720 g/mol. The van der Waals surface area contributed by atoms with E-state index >= 15 is 0 Å². The third-order valence-corrected chi connectivity index (χ3v) is 11.0. The number of carboxylic acids is 1. The number of aromatic carboxylic acids is 1. The Bertz CT molecular complexity index is 1830. The van der Waals surface area contributed by atoms with Gasteiger partial charge in [0.15, 0.2) is 0 Å². The van der Waals surface area contributed by atoms with Crippen molar-refractivity contribution in [2.24, 2.45) is 5.92 Å². The Morgan fingerprint density at radius 1 is 1.06 bits per heavy atom. The van der Waals surface area contributed by atoms with Gasteiger partial charge < -0.3 is 24.2 Å². The summed E-state index contributed by atoms with van der Waals surface area (Å²) in [7, 11) is -2.91. The monoisotopic (exact) mass is 718 g/mol. The molecule has 0 atom stereocenters. The number of nitrogens with zero attached hydrogens (tertiary/aromatic N) is 2. The van der Waals surface area contributed by atoms with Gasteiger partial charge in [-0.25, -0.2) is 22.3 Å². The molecule has 2 aliphatic heterocycles. The summed E-state index contributed by atoms with van der Waals surface area (Å²) < 4.78 is 45.0. The minimum Gasteiger partial charge on any atom is -0.497 e. The van der Waals surface area contributed by atoms with Gasteiger partial charge in [0.1, 0.15) is 28.6 Å². The first-order chi connectivity index (χ1) is 22.8. The van der Waals surface area contributed by atoms with Gasteiger partial charge in [-0.05, 0) is 54.4 Å². The van der Waals surface area contributed by atoms with Gasteiger partial charge in [-0.3, -0.25) is 4.79 Å². The van der Waals surface area contributed by atoms with Gasteiger partial charge in [0.25, 0.3) is 15.9 Å². The molecule has 0 bridgehead atoms. The minimum absolute atomic E-state index is 0.0582. The molecule has 0 unspecified atom stereocenters. The van der Waals surface area contributed by atoms with E-state index < -0.39 is 34.0 Å². The summed E-state index contributed by atoms with van der Waals surface area (Å²) in [5.41, 5.74) is 1.22. The molecular formula is C34H36Cl2N2O9S. The molecule has 2 heterocycles. The lowest BCUT2D eigenvalue weighted by molar-refractivity contribution is 0.0694. The quantitative estimate of drug-likeness (QED) is 0.222. The molecule has 0 saturated carbocycles. The number of ether oxygens (including phenoxy) is 3. The van der Waals surface area contributed by atoms with Crippen LogP contribution in [-0.4, -0.2) is 67.5 Å². The number of fused-ring (bicyclic) bond motifs is 1. The van der Waals surface area contributed by atoms with Crippen molar-refractivity contribution in [1.82, 2.24) is 9.21 Å². The molecule has 0 aromatic heterocycles. The van der Waals surface area contributed by atoms with Crippen molar-refractivity contribution in [3.63, 3.8) is 0 Å². The summed E-state index contributed by atoms with van der Waals surface area (Å²) in [5, 5.41) is 9.26. The number of carbonyl (C=O) groups excluding carboxylic acids is 2. The second kappa shape index (κ2) is 14.6. The number of carbonyl (C=O) groups is 3. The maximum Gasteiger partial charge on any atom is 0.410 e. The molecule has 2 aliphatic rings. The van der Waals surface area contributed by atoms with Gasteiger partial charge in [0, 0.05) is 24.7 Å². The maximum absolute atomic E-state index is 13.7. The van der Waals surface area contributed by atoms with E-state index in [4.69, 9.17) is 37.4 Å². The lowest BCUT2D eigenvalue weighted by Crippen LogP contribution is -2.39. The van der Waals surface area contributed by atoms with Crippen LogP contribution < -0.4 is 9.47 Å². The highest BCUT2D eigenvalue weighted by Gasteiger charge is 2.44. The number of methoxy groups -OCH3 is 1. The largest absolute Gasteiger partial charge is 0.497 e. The summed E-state index contributed by atoms with van der Waals surface area (Å²) in [6, 6.07) is 13.7. The topological polar surface area (TPSA) is 140 Å². The van der Waals surface area contributed by atoms with Crippen LogP contribution in [0.25, 0.3) is 0 Å². The van der Waals surface area contributed by atoms with Crippen molar-refractivity contribution in [3.05, 3.63) is 86.4 Å². The van der Waals surface area contributed by atoms with Gasteiger partial charge in [-0.2, -0.15) is 0 Å². The summed E-state index contributed by atoms with van der Waals surface area (Å²) >= 11 is 12.8. The standard InChI is InChI=1S/C34H36Cl2N2O9S/c1-20(2)25-16-24(45-3)17-27-28(25)32(39)38(48(27,43)44)18-23-15-26(35)29(33(40)41)30(36)31(23)46-14-11-21-9-12-37(13-10-21)34(42)47-19-22-7-5-4-6-8-22/h4-8,15-17,20-21H,9-14,18-19H2,1-3H3,(H,40,41). The number of carboxylic acid groups (broad SMARTS) is 1. The maximum atomic E-state index is 13.7. The highest BCUT2D eigenvalue weighted by Crippen LogP contribution is 2.43. The fourth-order valence-electron chi connectivity index (χ4n) is 5.94. The molecule has 0 spiro atoms. The van der Waals surface area contributed by atoms with Crippen LogP contribution in [-0.2, 0) is 27.9 Å². The molecule has 11 nitrogen and oxygen atoms in total. The second-order valence-corrected chi connectivity index (χ2v) is 14.6. The number of rotatable bonds is 11. The summed E-state index contributed by atoms with van der Waals surface area (Å²) in [6.07, 6.45) is 1.58. The minimum atomic E-state index is -4.32. The average Bonchev–Trinajstić information content (AvgIpc) is 3.25. The number of hydrogen-bond acceptors (Lipinski definition) is 8. The van der Waals surface area contributed by atoms with Gasteiger partial charge >= 0.3 is 12.1 Å². The van der Waals surface area contributed by atoms with Crippen LogP contribution in [0, 0.1) is 5.92 Å². The van der Waals surface area contributed by atoms with E-state index in [0.29, 0.717) is 48.0 Å². The molecule has 1 fully saturated rings. The Morgan fingerprint density at radius 2 is 1.75 bits per heavy atom. The highest BCUT2D eigenvalue weighted by atomic mass is 35.5. The van der Waals surface area contributed by atoms with Crippen molar-refractivity contribution in [1.29, 1.82) is 0 Å². The van der Waals surface area contributed by atoms with Gasteiger partial charge in [-0.15, -0.1) is 0 Å². The normalized spacial score (nSPS) is 15.8. The van der Waals surface area contributed by atoms with E-state index in [9.17, 15) is 27.9 Å². The van der Waals surface area contributed by atoms with Crippen molar-refractivity contribution in [3.8, 4) is 11.5 Å². The Morgan fingerprint density at radius 3 is 2.38 bits per heavy atom. The third kappa shape index (κ3) is 7.20. The number of likely N-dealkylation sites (tertiary alicyclic amines) is 1. The molecule has 1 saturated heterocycles. The highest BCUT2D eigenvalue weighted by molar-refractivity contribution is 7.90. The first-order valence-electron chi connectivity index (χ1n) is 15.4. The van der Waals surface area contributed by atoms with Crippen LogP contribution in [0.4, 0.5) is 4.79 Å². The molecule has 48 heavy (non-hydrogen) atoms. The zero-order valence-electron chi connectivity index (χ0n) is 26.7. The van der Waals surface area contributed by atoms with E-state index in [-0.39, 0.29) is 63.0 Å². The summed E-state index contributed by atoms with van der Waals surface area (Å²) in [6.45, 7) is 4.52. The molecule has 256 valence electrons. The number of hydrogen-bond donors (Lipinski definition) is 1. The zero-order chi connectivity index (χ0) is 34.7. The van der Waals surface area contributed by atoms with Crippen LogP contribution in [0.2, 0.25) is 10.0 Å². The molecule has 1 N–H and O–H groups in total. The molecule has 0 aliphatic carbocycles. The predicted octanol–water partition coefficient (Wildman–Crippen LogP) is 6.99. The lowest BCUT2D eigenvalue weighted by Gasteiger charge is -2.31. The molecular weight excluding hydrogens is 683 g/mol. The first-order valence-corrected chi connectivity index (χ1v) is 17.6. The zero-order valence-corrected chi connectivity index (χ0v) is 29.0. The molecule has 5 rings (SSSR count). The number of sulfonamides is 1. The molecule has 14 heteroatoms. The van der Waals surface area contributed by atoms with Crippen molar-refractivity contribution < 1.29 is 42.1 Å². The number of piperidine rings is 1. The first kappa shape index (κ1) is 35.3. The molecule has 0 radical (unpaired) electrons. The van der Waals surface area contributed by atoms with Gasteiger partial charge in [0.05, 0.1) is 35.9 Å². The van der Waals surface area contributed by atoms with E-state index in [1.54, 1.807) is 11.0 Å². The Labute approximate surface area is 289 Å². The Balaban J connectivity index is 1.29. The number of halogens is 2. The molecule has 3 aromatic carbocycles. The SMILES string of the molecule is COc1cc(C(C)C)c2c(c1)S(=O)(=O)N(Cc1cc(Cl)c(C(=O)O)c(Cl)c1OCCC1CCN(C(=O)OCc3ccccc3)CC1)C2=O. The second-order valence-electron chi connectivity index (χ2n) is 12.0. The summed E-state index contributed by atoms with van der Waals surface area (Å²) in [5.74, 6) is -1.88.